The minimum absolute atomic E-state index is 0.00914. The van der Waals surface area contributed by atoms with E-state index in [4.69, 9.17) is 4.74 Å². The van der Waals surface area contributed by atoms with E-state index in [-0.39, 0.29) is 11.9 Å². The monoisotopic (exact) mass is 196 g/mol. The zero-order chi connectivity index (χ0) is 9.97. The van der Waals surface area contributed by atoms with Crippen LogP contribution >= 0.6 is 0 Å². The van der Waals surface area contributed by atoms with E-state index in [1.807, 2.05) is 0 Å². The van der Waals surface area contributed by atoms with Crippen LogP contribution in [0.3, 0.4) is 0 Å². The molecule has 0 spiro atoms. The lowest BCUT2D eigenvalue weighted by Gasteiger charge is -2.26. The normalized spacial score (nSPS) is 32.6. The summed E-state index contributed by atoms with van der Waals surface area (Å²) in [4.78, 5) is 11.3. The van der Waals surface area contributed by atoms with Gasteiger partial charge in [0.05, 0.1) is 13.0 Å². The predicted octanol–water partition coefficient (Wildman–Crippen LogP) is 2.77. The lowest BCUT2D eigenvalue weighted by Crippen LogP contribution is -2.23. The number of rotatable bonds is 3. The number of ether oxygens (including phenoxy) is 1. The highest BCUT2D eigenvalue weighted by molar-refractivity contribution is 5.72. The summed E-state index contributed by atoms with van der Waals surface area (Å²) < 4.78 is 4.78. The second-order valence-corrected chi connectivity index (χ2v) is 4.92. The van der Waals surface area contributed by atoms with Crippen molar-refractivity contribution in [2.45, 2.75) is 44.9 Å². The fourth-order valence-electron chi connectivity index (χ4n) is 2.63. The summed E-state index contributed by atoms with van der Waals surface area (Å²) in [7, 11) is 1.50. The van der Waals surface area contributed by atoms with E-state index in [2.05, 4.69) is 0 Å². The Labute approximate surface area is 86.0 Å². The molecule has 2 saturated carbocycles. The Balaban J connectivity index is 1.71. The van der Waals surface area contributed by atoms with Gasteiger partial charge in [0.2, 0.25) is 0 Å². The molecule has 0 saturated heterocycles. The van der Waals surface area contributed by atoms with Gasteiger partial charge in [-0.25, -0.2) is 0 Å². The van der Waals surface area contributed by atoms with Crippen LogP contribution in [0.2, 0.25) is 0 Å². The Morgan fingerprint density at radius 2 is 1.57 bits per heavy atom. The molecule has 0 unspecified atom stereocenters. The third kappa shape index (κ3) is 2.49. The molecule has 0 atom stereocenters. The van der Waals surface area contributed by atoms with Crippen molar-refractivity contribution >= 4 is 5.97 Å². The molecule has 0 aromatic carbocycles. The Hall–Kier alpha value is -0.530. The van der Waals surface area contributed by atoms with Crippen molar-refractivity contribution in [3.63, 3.8) is 0 Å². The average Bonchev–Trinajstić information content (AvgIpc) is 3.02. The largest absolute Gasteiger partial charge is 0.469 e. The molecule has 0 aromatic heterocycles. The van der Waals surface area contributed by atoms with Crippen LogP contribution in [0.25, 0.3) is 0 Å². The number of carbonyl (C=O) groups is 1. The van der Waals surface area contributed by atoms with Crippen molar-refractivity contribution in [1.29, 1.82) is 0 Å². The number of hydrogen-bond acceptors (Lipinski definition) is 2. The van der Waals surface area contributed by atoms with E-state index in [1.54, 1.807) is 0 Å². The van der Waals surface area contributed by atoms with Gasteiger partial charge >= 0.3 is 5.97 Å². The van der Waals surface area contributed by atoms with Gasteiger partial charge in [-0.2, -0.15) is 0 Å². The number of carbonyl (C=O) groups excluding carboxylic acids is 1. The van der Waals surface area contributed by atoms with Crippen LogP contribution in [0.1, 0.15) is 44.9 Å². The number of esters is 1. The molecule has 2 heteroatoms. The summed E-state index contributed by atoms with van der Waals surface area (Å²) in [6.07, 6.45) is 8.95. The van der Waals surface area contributed by atoms with Gasteiger partial charge in [-0.3, -0.25) is 4.79 Å². The Morgan fingerprint density at radius 1 is 1.07 bits per heavy atom. The van der Waals surface area contributed by atoms with Crippen molar-refractivity contribution in [3.8, 4) is 0 Å². The summed E-state index contributed by atoms with van der Waals surface area (Å²) in [5, 5.41) is 0. The van der Waals surface area contributed by atoms with Gasteiger partial charge in [-0.1, -0.05) is 12.8 Å². The molecule has 80 valence electrons. The molecular formula is C12H20O2. The first-order valence-electron chi connectivity index (χ1n) is 5.87. The first kappa shape index (κ1) is 10.0. The van der Waals surface area contributed by atoms with Crippen LogP contribution in [0, 0.1) is 17.8 Å². The smallest absolute Gasteiger partial charge is 0.308 e. The maximum absolute atomic E-state index is 11.3. The van der Waals surface area contributed by atoms with Gasteiger partial charge in [0, 0.05) is 0 Å². The van der Waals surface area contributed by atoms with Gasteiger partial charge < -0.3 is 4.74 Å². The molecule has 0 aromatic rings. The lowest BCUT2D eigenvalue weighted by molar-refractivity contribution is -0.146. The van der Waals surface area contributed by atoms with Crippen molar-refractivity contribution in [2.24, 2.45) is 17.8 Å². The number of hydrogen-bond donors (Lipinski definition) is 0. The Morgan fingerprint density at radius 3 is 2.00 bits per heavy atom. The highest BCUT2D eigenvalue weighted by Crippen LogP contribution is 2.41. The van der Waals surface area contributed by atoms with Gasteiger partial charge in [0.1, 0.15) is 0 Å². The standard InChI is InChI=1S/C12H20O2/c1-14-12(13)11-6-4-10(5-7-11)8-9-2-3-9/h9-11H,2-8H2,1H3. The van der Waals surface area contributed by atoms with Crippen LogP contribution < -0.4 is 0 Å². The maximum atomic E-state index is 11.3. The summed E-state index contributed by atoms with van der Waals surface area (Å²) in [6.45, 7) is 0. The minimum Gasteiger partial charge on any atom is -0.469 e. The zero-order valence-corrected chi connectivity index (χ0v) is 9.00. The molecule has 0 amide bonds. The Kier molecular flexibility index (Phi) is 3.09. The summed E-state index contributed by atoms with van der Waals surface area (Å²) in [6, 6.07) is 0. The van der Waals surface area contributed by atoms with Crippen LogP contribution in [0.5, 0.6) is 0 Å². The lowest BCUT2D eigenvalue weighted by atomic mass is 9.80. The SMILES string of the molecule is COC(=O)C1CCC(CC2CC2)CC1. The van der Waals surface area contributed by atoms with Crippen LogP contribution in [-0.2, 0) is 9.53 Å². The molecule has 2 fully saturated rings. The molecule has 2 aliphatic rings. The highest BCUT2D eigenvalue weighted by atomic mass is 16.5. The first-order valence-corrected chi connectivity index (χ1v) is 5.87. The summed E-state index contributed by atoms with van der Waals surface area (Å²) in [5.41, 5.74) is 0. The van der Waals surface area contributed by atoms with E-state index in [1.165, 1.54) is 39.2 Å². The highest BCUT2D eigenvalue weighted by Gasteiger charge is 2.30. The second-order valence-electron chi connectivity index (χ2n) is 4.92. The zero-order valence-electron chi connectivity index (χ0n) is 9.00. The molecule has 2 rings (SSSR count). The van der Waals surface area contributed by atoms with Crippen molar-refractivity contribution in [2.75, 3.05) is 7.11 Å². The third-order valence-electron chi connectivity index (χ3n) is 3.74. The van der Waals surface area contributed by atoms with E-state index < -0.39 is 0 Å². The molecule has 2 nitrogen and oxygen atoms in total. The summed E-state index contributed by atoms with van der Waals surface area (Å²) in [5.74, 6) is 2.16. The van der Waals surface area contributed by atoms with E-state index in [0.29, 0.717) is 0 Å². The molecule has 2 aliphatic carbocycles. The van der Waals surface area contributed by atoms with Gasteiger partial charge in [0.25, 0.3) is 0 Å². The molecule has 0 bridgehead atoms. The first-order chi connectivity index (χ1) is 6.79. The van der Waals surface area contributed by atoms with Gasteiger partial charge in [0.15, 0.2) is 0 Å². The molecule has 0 aliphatic heterocycles. The van der Waals surface area contributed by atoms with Crippen LogP contribution in [-0.4, -0.2) is 13.1 Å². The van der Waals surface area contributed by atoms with Crippen LogP contribution in [0.15, 0.2) is 0 Å². The topological polar surface area (TPSA) is 26.3 Å². The molecule has 0 N–H and O–H groups in total. The fraction of sp³-hybridized carbons (Fsp3) is 0.917. The molecule has 0 heterocycles. The molecule has 14 heavy (non-hydrogen) atoms. The number of methoxy groups -OCH3 is 1. The van der Waals surface area contributed by atoms with Crippen molar-refractivity contribution in [1.82, 2.24) is 0 Å². The molecule has 0 radical (unpaired) electrons. The van der Waals surface area contributed by atoms with Crippen LogP contribution in [0.4, 0.5) is 0 Å². The fourth-order valence-corrected chi connectivity index (χ4v) is 2.63. The second kappa shape index (κ2) is 4.33. The summed E-state index contributed by atoms with van der Waals surface area (Å²) >= 11 is 0. The predicted molar refractivity (Wildman–Crippen MR) is 54.8 cm³/mol. The van der Waals surface area contributed by atoms with E-state index >= 15 is 0 Å². The van der Waals surface area contributed by atoms with E-state index in [9.17, 15) is 4.79 Å². The van der Waals surface area contributed by atoms with E-state index in [0.717, 1.165) is 24.7 Å². The van der Waals surface area contributed by atoms with Crippen molar-refractivity contribution in [3.05, 3.63) is 0 Å². The van der Waals surface area contributed by atoms with Gasteiger partial charge in [-0.15, -0.1) is 0 Å². The van der Waals surface area contributed by atoms with Gasteiger partial charge in [-0.05, 0) is 43.9 Å². The molecular weight excluding hydrogens is 176 g/mol. The quantitative estimate of drug-likeness (QED) is 0.649. The average molecular weight is 196 g/mol. The Bertz CT molecular complexity index is 200. The minimum atomic E-state index is 0.00914. The maximum Gasteiger partial charge on any atom is 0.308 e. The third-order valence-corrected chi connectivity index (χ3v) is 3.74. The van der Waals surface area contributed by atoms with Crippen molar-refractivity contribution < 1.29 is 9.53 Å².